The first-order valence-corrected chi connectivity index (χ1v) is 17.6. The Kier molecular flexibility index (Phi) is 6.76. The summed E-state index contributed by atoms with van der Waals surface area (Å²) < 4.78 is 28.8. The highest BCUT2D eigenvalue weighted by atomic mass is 16.7. The number of anilines is 1. The number of amides is 2. The van der Waals surface area contributed by atoms with Gasteiger partial charge < -0.3 is 23.7 Å². The summed E-state index contributed by atoms with van der Waals surface area (Å²) in [5, 5.41) is 0. The lowest BCUT2D eigenvalue weighted by molar-refractivity contribution is -0.130. The number of methoxy groups -OCH3 is 1. The van der Waals surface area contributed by atoms with Crippen molar-refractivity contribution >= 4 is 40.2 Å². The van der Waals surface area contributed by atoms with Gasteiger partial charge in [0.05, 0.1) is 35.5 Å². The summed E-state index contributed by atoms with van der Waals surface area (Å²) in [5.41, 5.74) is 0.660. The minimum absolute atomic E-state index is 0.0391. The molecule has 1 saturated carbocycles. The maximum atomic E-state index is 16.3. The normalized spacial score (nSPS) is 24.4. The minimum Gasteiger partial charge on any atom is -0.495 e. The molecule has 10 heteroatoms. The number of nitrogens with zero attached hydrogens (tertiary/aromatic N) is 1. The molecule has 2 fully saturated rings. The van der Waals surface area contributed by atoms with Crippen LogP contribution in [0.1, 0.15) is 39.5 Å². The number of carbonyl (C=O) groups excluding carboxylic acids is 4. The van der Waals surface area contributed by atoms with E-state index in [1.165, 1.54) is 20.1 Å². The number of ether oxygens (including phenoxy) is 5. The number of Topliss-reactive ketones (excluding diaryl/α,β-unsaturated/α-hetero) is 2. The van der Waals surface area contributed by atoms with Crippen molar-refractivity contribution in [2.75, 3.05) is 25.6 Å². The third kappa shape index (κ3) is 3.94. The highest BCUT2D eigenvalue weighted by Crippen LogP contribution is 2.75. The third-order valence-corrected chi connectivity index (χ3v) is 11.6. The van der Waals surface area contributed by atoms with E-state index in [2.05, 4.69) is 0 Å². The van der Waals surface area contributed by atoms with Crippen molar-refractivity contribution in [1.82, 2.24) is 0 Å². The maximum absolute atomic E-state index is 16.3. The van der Waals surface area contributed by atoms with Crippen molar-refractivity contribution in [3.05, 3.63) is 143 Å². The quantitative estimate of drug-likeness (QED) is 0.137. The lowest BCUT2D eigenvalue weighted by Gasteiger charge is -2.39. The Balaban J connectivity index is 1.35. The van der Waals surface area contributed by atoms with E-state index in [4.69, 9.17) is 23.7 Å². The van der Waals surface area contributed by atoms with Crippen molar-refractivity contribution in [2.24, 2.45) is 11.8 Å². The molecule has 2 bridgehead atoms. The molecular formula is C44H31NO9. The summed E-state index contributed by atoms with van der Waals surface area (Å²) in [5.74, 6) is -1.71. The number of imide groups is 1. The number of rotatable bonds is 7. The molecule has 2 aliphatic carbocycles. The van der Waals surface area contributed by atoms with E-state index in [1.54, 1.807) is 24.3 Å². The van der Waals surface area contributed by atoms with Crippen LogP contribution < -0.4 is 28.6 Å². The van der Waals surface area contributed by atoms with Gasteiger partial charge in [0, 0.05) is 5.56 Å². The Labute approximate surface area is 309 Å². The highest BCUT2D eigenvalue weighted by molar-refractivity contribution is 6.39. The van der Waals surface area contributed by atoms with E-state index in [9.17, 15) is 4.79 Å². The Hall–Kier alpha value is -6.68. The van der Waals surface area contributed by atoms with Crippen LogP contribution >= 0.6 is 0 Å². The first kappa shape index (κ1) is 32.0. The molecule has 54 heavy (non-hydrogen) atoms. The second-order valence-corrected chi connectivity index (χ2v) is 14.0. The molecule has 0 spiro atoms. The Morgan fingerprint density at radius 3 is 1.57 bits per heavy atom. The number of fused-ring (bicyclic) bond motifs is 7. The van der Waals surface area contributed by atoms with Gasteiger partial charge in [0.15, 0.2) is 34.6 Å². The van der Waals surface area contributed by atoms with Gasteiger partial charge in [-0.05, 0) is 82.8 Å². The molecule has 0 unspecified atom stereocenters. The second-order valence-electron chi connectivity index (χ2n) is 14.0. The fraction of sp³-hybridized carbons (Fsp3) is 0.182. The van der Waals surface area contributed by atoms with Gasteiger partial charge in [0.25, 0.3) is 0 Å². The minimum atomic E-state index is -1.67. The van der Waals surface area contributed by atoms with E-state index < -0.39 is 34.5 Å². The van der Waals surface area contributed by atoms with Gasteiger partial charge in [0.2, 0.25) is 25.4 Å². The van der Waals surface area contributed by atoms with Crippen molar-refractivity contribution in [2.45, 2.75) is 17.8 Å². The zero-order valence-electron chi connectivity index (χ0n) is 29.2. The maximum Gasteiger partial charge on any atom is 0.239 e. The Morgan fingerprint density at radius 1 is 0.630 bits per heavy atom. The van der Waals surface area contributed by atoms with E-state index in [0.717, 1.165) is 4.90 Å². The Morgan fingerprint density at radius 2 is 1.11 bits per heavy atom. The van der Waals surface area contributed by atoms with Crippen LogP contribution in [-0.2, 0) is 25.2 Å². The Bertz CT molecular complexity index is 2370. The second kappa shape index (κ2) is 11.4. The first-order valence-electron chi connectivity index (χ1n) is 17.6. The largest absolute Gasteiger partial charge is 0.495 e. The number of allylic oxidation sites excluding steroid dienone is 2. The lowest BCUT2D eigenvalue weighted by Crippen LogP contribution is -2.45. The van der Waals surface area contributed by atoms with E-state index in [0.29, 0.717) is 62.0 Å². The fourth-order valence-electron chi connectivity index (χ4n) is 9.55. The monoisotopic (exact) mass is 717 g/mol. The molecule has 2 amide bonds. The van der Waals surface area contributed by atoms with E-state index >= 15 is 14.4 Å². The molecule has 0 radical (unpaired) electrons. The smallest absolute Gasteiger partial charge is 0.239 e. The van der Waals surface area contributed by atoms with Gasteiger partial charge in [-0.25, -0.2) is 4.90 Å². The molecule has 4 atom stereocenters. The average Bonchev–Trinajstić information content (AvgIpc) is 4.01. The van der Waals surface area contributed by atoms with Gasteiger partial charge in [-0.1, -0.05) is 72.8 Å². The van der Waals surface area contributed by atoms with Crippen molar-refractivity contribution < 1.29 is 42.9 Å². The standard InChI is InChI=1S/C44H31NO9/c1-24(46)25-13-16-31(50-2)30(19-25)45-40(47)38-39(41(45)48)44(29-11-7-4-8-12-29)37(27-15-18-33-35(21-27)54-23-52-33)36(26-14-17-32-34(20-26)53-22-51-32)43(38,42(44)49)28-9-5-3-6-10-28/h3-21,38-39H,22-23H2,1-2H3/t38-,39-,43+,44+/m1/s1. The zero-order chi connectivity index (χ0) is 36.9. The molecule has 10 nitrogen and oxygen atoms in total. The molecule has 3 heterocycles. The first-order chi connectivity index (χ1) is 26.3. The van der Waals surface area contributed by atoms with Gasteiger partial charge >= 0.3 is 0 Å². The van der Waals surface area contributed by atoms with Crippen LogP contribution in [0.3, 0.4) is 0 Å². The summed E-state index contributed by atoms with van der Waals surface area (Å²) >= 11 is 0. The molecule has 0 N–H and O–H groups in total. The van der Waals surface area contributed by atoms with Gasteiger partial charge in [-0.15, -0.1) is 0 Å². The molecule has 5 aliphatic rings. The predicted octanol–water partition coefficient (Wildman–Crippen LogP) is 6.54. The molecule has 5 aromatic carbocycles. The third-order valence-electron chi connectivity index (χ3n) is 11.6. The van der Waals surface area contributed by atoms with Crippen molar-refractivity contribution in [3.63, 3.8) is 0 Å². The number of hydrogen-bond donors (Lipinski definition) is 0. The van der Waals surface area contributed by atoms with Crippen molar-refractivity contribution in [3.8, 4) is 28.7 Å². The van der Waals surface area contributed by atoms with E-state index in [1.807, 2.05) is 84.9 Å². The SMILES string of the molecule is COc1ccc(C(C)=O)cc1N1C(=O)[C@H]2[C@H](C1=O)[C@@]1(c3ccccc3)C(=O)[C@@]2(c2ccccc2)C(c2ccc3c(c2)OCO3)=C1c1ccc2c(c1)OCO2. The number of carbonyl (C=O) groups is 4. The average molecular weight is 718 g/mol. The van der Waals surface area contributed by atoms with Crippen molar-refractivity contribution in [1.29, 1.82) is 0 Å². The fourth-order valence-corrected chi connectivity index (χ4v) is 9.55. The van der Waals surface area contributed by atoms with Gasteiger partial charge in [-0.2, -0.15) is 0 Å². The van der Waals surface area contributed by atoms with Crippen LogP contribution in [0.4, 0.5) is 5.69 Å². The van der Waals surface area contributed by atoms with Crippen LogP contribution in [0.25, 0.3) is 11.1 Å². The molecule has 266 valence electrons. The van der Waals surface area contributed by atoms with Gasteiger partial charge in [0.1, 0.15) is 5.75 Å². The van der Waals surface area contributed by atoms with Crippen LogP contribution in [0.2, 0.25) is 0 Å². The molecule has 5 aromatic rings. The van der Waals surface area contributed by atoms with Crippen LogP contribution in [0.15, 0.2) is 115 Å². The zero-order valence-corrected chi connectivity index (χ0v) is 29.2. The summed E-state index contributed by atoms with van der Waals surface area (Å²) in [6.45, 7) is 1.50. The summed E-state index contributed by atoms with van der Waals surface area (Å²) in [7, 11) is 1.44. The van der Waals surface area contributed by atoms with Crippen LogP contribution in [0.5, 0.6) is 28.7 Å². The van der Waals surface area contributed by atoms with Crippen LogP contribution in [-0.4, -0.2) is 44.1 Å². The summed E-state index contributed by atoms with van der Waals surface area (Å²) in [6.07, 6.45) is 0. The summed E-state index contributed by atoms with van der Waals surface area (Å²) in [4.78, 5) is 61.1. The van der Waals surface area contributed by atoms with Crippen LogP contribution in [0, 0.1) is 11.8 Å². The molecule has 1 saturated heterocycles. The molecule has 3 aliphatic heterocycles. The molecule has 0 aromatic heterocycles. The number of hydrogen-bond acceptors (Lipinski definition) is 9. The highest BCUT2D eigenvalue weighted by Gasteiger charge is 2.83. The molecular weight excluding hydrogens is 686 g/mol. The topological polar surface area (TPSA) is 118 Å². The number of benzene rings is 5. The van der Waals surface area contributed by atoms with E-state index in [-0.39, 0.29) is 36.6 Å². The summed E-state index contributed by atoms with van der Waals surface area (Å²) in [6, 6.07) is 34.2. The predicted molar refractivity (Wildman–Crippen MR) is 196 cm³/mol. The molecule has 10 rings (SSSR count). The lowest BCUT2D eigenvalue weighted by atomic mass is 9.59. The van der Waals surface area contributed by atoms with Gasteiger partial charge in [-0.3, -0.25) is 19.2 Å². The number of ketones is 2.